The van der Waals surface area contributed by atoms with Crippen LogP contribution in [-0.2, 0) is 9.73 Å². The first-order valence-corrected chi connectivity index (χ1v) is 15.4. The Labute approximate surface area is 242 Å². The van der Waals surface area contributed by atoms with Gasteiger partial charge in [0, 0.05) is 76.5 Å². The van der Waals surface area contributed by atoms with Gasteiger partial charge in [0.2, 0.25) is 0 Å². The van der Waals surface area contributed by atoms with Crippen molar-refractivity contribution < 1.29 is 13.7 Å². The van der Waals surface area contributed by atoms with Crippen LogP contribution in [0.2, 0.25) is 10.0 Å². The highest BCUT2D eigenvalue weighted by Gasteiger charge is 2.41. The number of H-pyrrole nitrogens is 1. The molecule has 13 heteroatoms. The molecule has 0 radical (unpaired) electrons. The SMILES string of the molecule is COc1cc2[nH]nc(-c3cnc(N4CC(C)(N=S(C)(C)=O)C4)c(C#N)c3)c2cc1O[C@H](C)c1c(Cl)cncc1Cl. The fourth-order valence-corrected chi connectivity index (χ4v) is 6.84. The predicted octanol–water partition coefficient (Wildman–Crippen LogP) is 5.65. The lowest BCUT2D eigenvalue weighted by atomic mass is 9.93. The molecule has 1 atom stereocenters. The second-order valence-electron chi connectivity index (χ2n) is 10.2. The molecule has 10 nitrogen and oxygen atoms in total. The van der Waals surface area contributed by atoms with Crippen LogP contribution in [0.5, 0.6) is 11.5 Å². The van der Waals surface area contributed by atoms with E-state index in [-0.39, 0.29) is 0 Å². The molecule has 0 amide bonds. The fraction of sp³-hybridized carbons (Fsp3) is 0.333. The summed E-state index contributed by atoms with van der Waals surface area (Å²) in [5.74, 6) is 1.52. The minimum absolute atomic E-state index is 0.397. The summed E-state index contributed by atoms with van der Waals surface area (Å²) in [7, 11) is -0.688. The van der Waals surface area contributed by atoms with Crippen LogP contribution in [0.4, 0.5) is 5.82 Å². The van der Waals surface area contributed by atoms with Crippen LogP contribution in [0.3, 0.4) is 0 Å². The summed E-state index contributed by atoms with van der Waals surface area (Å²) in [5, 5.41) is 19.0. The fourth-order valence-electron chi connectivity index (χ4n) is 4.99. The van der Waals surface area contributed by atoms with Crippen LogP contribution >= 0.6 is 23.2 Å². The molecule has 1 aliphatic rings. The molecule has 3 aromatic heterocycles. The molecule has 0 saturated carbocycles. The highest BCUT2D eigenvalue weighted by molar-refractivity contribution is 7.92. The molecular formula is C27H27Cl2N7O3S. The molecule has 208 valence electrons. The van der Waals surface area contributed by atoms with Gasteiger partial charge in [0.05, 0.1) is 28.2 Å². The third-order valence-corrected chi connectivity index (χ3v) is 7.99. The molecule has 1 saturated heterocycles. The molecule has 0 aliphatic carbocycles. The second kappa shape index (κ2) is 10.4. The first-order valence-electron chi connectivity index (χ1n) is 12.3. The standard InChI is InChI=1S/C27H27Cl2N7O3S/c1-15(24-19(28)11-31-12-20(24)29)39-23-7-18-21(8-22(23)38-3)33-34-25(18)17-6-16(9-30)26(32-10-17)36-13-27(2,14-36)35-40(4,5)37/h6-8,10-12,15H,13-14H2,1-5H3,(H,33,34)/t15-/m1/s1. The van der Waals surface area contributed by atoms with Gasteiger partial charge in [0.15, 0.2) is 11.5 Å². The van der Waals surface area contributed by atoms with Gasteiger partial charge in [-0.3, -0.25) is 14.3 Å². The van der Waals surface area contributed by atoms with Crippen molar-refractivity contribution >= 4 is 49.7 Å². The number of nitrogens with one attached hydrogen (secondary N) is 1. The Bertz CT molecular complexity index is 1760. The van der Waals surface area contributed by atoms with Crippen molar-refractivity contribution in [3.05, 3.63) is 58.0 Å². The number of nitrogens with zero attached hydrogens (tertiary/aromatic N) is 6. The zero-order valence-electron chi connectivity index (χ0n) is 22.5. The number of methoxy groups -OCH3 is 1. The molecular weight excluding hydrogens is 573 g/mol. The number of hydrogen-bond acceptors (Lipinski definition) is 9. The minimum atomic E-state index is -2.24. The highest BCUT2D eigenvalue weighted by Crippen LogP contribution is 2.40. The summed E-state index contributed by atoms with van der Waals surface area (Å²) < 4.78 is 28.5. The van der Waals surface area contributed by atoms with Crippen molar-refractivity contribution in [3.8, 4) is 28.8 Å². The Kier molecular flexibility index (Phi) is 7.29. The van der Waals surface area contributed by atoms with Gasteiger partial charge in [-0.2, -0.15) is 10.4 Å². The minimum Gasteiger partial charge on any atom is -0.493 e. The van der Waals surface area contributed by atoms with Gasteiger partial charge in [-0.25, -0.2) is 9.35 Å². The number of rotatable bonds is 7. The number of anilines is 1. The lowest BCUT2D eigenvalue weighted by molar-refractivity contribution is 0.216. The number of aromatic nitrogens is 4. The number of benzene rings is 1. The van der Waals surface area contributed by atoms with Gasteiger partial charge in [-0.15, -0.1) is 0 Å². The maximum absolute atomic E-state index is 12.2. The molecule has 0 unspecified atom stereocenters. The van der Waals surface area contributed by atoms with E-state index < -0.39 is 21.4 Å². The summed E-state index contributed by atoms with van der Waals surface area (Å²) in [6.45, 7) is 4.85. The molecule has 5 rings (SSSR count). The van der Waals surface area contributed by atoms with Crippen LogP contribution in [0.25, 0.3) is 22.2 Å². The van der Waals surface area contributed by atoms with Crippen molar-refractivity contribution in [1.82, 2.24) is 20.2 Å². The lowest BCUT2D eigenvalue weighted by Crippen LogP contribution is -2.59. The van der Waals surface area contributed by atoms with E-state index in [4.69, 9.17) is 32.7 Å². The van der Waals surface area contributed by atoms with Crippen LogP contribution in [0.1, 0.15) is 31.1 Å². The topological polar surface area (TPSA) is 129 Å². The van der Waals surface area contributed by atoms with Gasteiger partial charge in [0.1, 0.15) is 29.2 Å². The maximum atomic E-state index is 12.2. The Morgan fingerprint density at radius 2 is 1.88 bits per heavy atom. The summed E-state index contributed by atoms with van der Waals surface area (Å²) in [4.78, 5) is 10.6. The average Bonchev–Trinajstić information content (AvgIpc) is 3.28. The summed E-state index contributed by atoms with van der Waals surface area (Å²) in [6.07, 6.45) is 7.46. The maximum Gasteiger partial charge on any atom is 0.162 e. The third kappa shape index (κ3) is 5.39. The number of pyridine rings is 2. The summed E-state index contributed by atoms with van der Waals surface area (Å²) in [5.41, 5.74) is 2.56. The zero-order valence-corrected chi connectivity index (χ0v) is 24.9. The normalized spacial score (nSPS) is 15.3. The van der Waals surface area contributed by atoms with Crippen LogP contribution in [-0.4, -0.2) is 62.6 Å². The Hall–Kier alpha value is -3.59. The van der Waals surface area contributed by atoms with E-state index in [2.05, 4.69) is 30.6 Å². The van der Waals surface area contributed by atoms with Gasteiger partial charge in [0.25, 0.3) is 0 Å². The number of nitriles is 1. The van der Waals surface area contributed by atoms with Crippen molar-refractivity contribution in [2.75, 3.05) is 37.6 Å². The highest BCUT2D eigenvalue weighted by atomic mass is 35.5. The average molecular weight is 601 g/mol. The van der Waals surface area contributed by atoms with E-state index >= 15 is 0 Å². The monoisotopic (exact) mass is 599 g/mol. The Morgan fingerprint density at radius 3 is 2.50 bits per heavy atom. The zero-order chi connectivity index (χ0) is 28.8. The van der Waals surface area contributed by atoms with E-state index in [1.165, 1.54) is 12.4 Å². The molecule has 4 heterocycles. The second-order valence-corrected chi connectivity index (χ2v) is 13.6. The van der Waals surface area contributed by atoms with E-state index in [0.717, 1.165) is 10.9 Å². The Balaban J connectivity index is 1.48. The summed E-state index contributed by atoms with van der Waals surface area (Å²) in [6, 6.07) is 7.63. The van der Waals surface area contributed by atoms with E-state index in [1.807, 2.05) is 24.8 Å². The Morgan fingerprint density at radius 1 is 1.18 bits per heavy atom. The van der Waals surface area contributed by atoms with Crippen molar-refractivity contribution in [2.45, 2.75) is 25.5 Å². The summed E-state index contributed by atoms with van der Waals surface area (Å²) >= 11 is 12.7. The number of ether oxygens (including phenoxy) is 2. The van der Waals surface area contributed by atoms with Crippen LogP contribution < -0.4 is 14.4 Å². The predicted molar refractivity (Wildman–Crippen MR) is 157 cm³/mol. The largest absolute Gasteiger partial charge is 0.493 e. The van der Waals surface area contributed by atoms with Crippen LogP contribution in [0.15, 0.2) is 41.2 Å². The van der Waals surface area contributed by atoms with E-state index in [0.29, 0.717) is 62.8 Å². The third-order valence-electron chi connectivity index (χ3n) is 6.51. The van der Waals surface area contributed by atoms with Crippen molar-refractivity contribution in [2.24, 2.45) is 4.36 Å². The van der Waals surface area contributed by atoms with E-state index in [9.17, 15) is 9.47 Å². The van der Waals surface area contributed by atoms with E-state index in [1.54, 1.807) is 38.0 Å². The van der Waals surface area contributed by atoms with Crippen molar-refractivity contribution in [1.29, 1.82) is 5.26 Å². The number of aromatic amines is 1. The first kappa shape index (κ1) is 28.0. The van der Waals surface area contributed by atoms with Gasteiger partial charge >= 0.3 is 0 Å². The molecule has 1 aliphatic heterocycles. The number of fused-ring (bicyclic) bond motifs is 1. The quantitative estimate of drug-likeness (QED) is 0.288. The molecule has 4 aromatic rings. The molecule has 0 bridgehead atoms. The van der Waals surface area contributed by atoms with Gasteiger partial charge < -0.3 is 14.4 Å². The molecule has 0 spiro atoms. The first-order chi connectivity index (χ1) is 18.9. The van der Waals surface area contributed by atoms with Gasteiger partial charge in [-0.05, 0) is 26.0 Å². The number of halogens is 2. The smallest absolute Gasteiger partial charge is 0.162 e. The lowest BCUT2D eigenvalue weighted by Gasteiger charge is -2.46. The number of hydrogen-bond donors (Lipinski definition) is 1. The molecule has 1 N–H and O–H groups in total. The van der Waals surface area contributed by atoms with Crippen molar-refractivity contribution in [3.63, 3.8) is 0 Å². The van der Waals surface area contributed by atoms with Crippen LogP contribution in [0, 0.1) is 11.3 Å². The molecule has 1 fully saturated rings. The molecule has 40 heavy (non-hydrogen) atoms. The van der Waals surface area contributed by atoms with Gasteiger partial charge in [-0.1, -0.05) is 23.2 Å². The molecule has 1 aromatic carbocycles.